The Bertz CT molecular complexity index is 404. The van der Waals surface area contributed by atoms with Crippen LogP contribution in [0.3, 0.4) is 0 Å². The average molecular weight is 337 g/mol. The van der Waals surface area contributed by atoms with E-state index < -0.39 is 0 Å². The summed E-state index contributed by atoms with van der Waals surface area (Å²) in [5, 5.41) is 0. The summed E-state index contributed by atoms with van der Waals surface area (Å²) in [7, 11) is 0. The highest BCUT2D eigenvalue weighted by molar-refractivity contribution is 4.98. The zero-order chi connectivity index (χ0) is 17.6. The molecule has 3 rings (SSSR count). The third-order valence-electron chi connectivity index (χ3n) is 6.62. The molecule has 2 bridgehead atoms. The van der Waals surface area contributed by atoms with Crippen LogP contribution in [0.2, 0.25) is 0 Å². The van der Waals surface area contributed by atoms with Crippen molar-refractivity contribution in [2.24, 2.45) is 0 Å². The summed E-state index contributed by atoms with van der Waals surface area (Å²) in [6.07, 6.45) is 2.81. The van der Waals surface area contributed by atoms with Crippen LogP contribution in [0.15, 0.2) is 0 Å². The van der Waals surface area contributed by atoms with Gasteiger partial charge in [-0.15, -0.1) is 0 Å². The van der Waals surface area contributed by atoms with Gasteiger partial charge in [0, 0.05) is 61.9 Å². The fourth-order valence-corrected chi connectivity index (χ4v) is 5.40. The summed E-state index contributed by atoms with van der Waals surface area (Å²) >= 11 is 0. The van der Waals surface area contributed by atoms with Crippen molar-refractivity contribution in [2.45, 2.75) is 97.1 Å². The van der Waals surface area contributed by atoms with Crippen LogP contribution in [-0.2, 0) is 0 Å². The largest absolute Gasteiger partial charge is 0.295 e. The molecular weight excluding hydrogens is 296 g/mol. The van der Waals surface area contributed by atoms with Gasteiger partial charge in [0.15, 0.2) is 0 Å². The Hall–Kier alpha value is -0.160. The van der Waals surface area contributed by atoms with Crippen molar-refractivity contribution in [3.63, 3.8) is 0 Å². The van der Waals surface area contributed by atoms with E-state index in [0.29, 0.717) is 18.1 Å². The summed E-state index contributed by atoms with van der Waals surface area (Å²) in [6, 6.07) is 3.59. The standard InChI is InChI=1S/C20H40N4/c1-15(2)24-18-8-9-19(24)13-21(12-18)14-23-16(3)10-22(11-17(23)4)20(5,6)7/h15-19H,8-14H2,1-7H3. The lowest BCUT2D eigenvalue weighted by molar-refractivity contribution is -0.0520. The van der Waals surface area contributed by atoms with E-state index in [4.69, 9.17) is 0 Å². The van der Waals surface area contributed by atoms with Crippen LogP contribution in [0.4, 0.5) is 0 Å². The van der Waals surface area contributed by atoms with Crippen molar-refractivity contribution in [3.05, 3.63) is 0 Å². The smallest absolute Gasteiger partial charge is 0.0513 e. The molecule has 0 aromatic heterocycles. The van der Waals surface area contributed by atoms with Crippen molar-refractivity contribution in [3.8, 4) is 0 Å². The molecule has 0 aromatic carbocycles. The first-order valence-corrected chi connectivity index (χ1v) is 10.2. The zero-order valence-corrected chi connectivity index (χ0v) is 17.1. The van der Waals surface area contributed by atoms with Crippen molar-refractivity contribution >= 4 is 0 Å². The minimum Gasteiger partial charge on any atom is -0.295 e. The van der Waals surface area contributed by atoms with Gasteiger partial charge >= 0.3 is 0 Å². The molecule has 4 unspecified atom stereocenters. The quantitative estimate of drug-likeness (QED) is 0.785. The highest BCUT2D eigenvalue weighted by Gasteiger charge is 2.42. The first kappa shape index (κ1) is 18.6. The second-order valence-electron chi connectivity index (χ2n) is 9.89. The van der Waals surface area contributed by atoms with E-state index in [0.717, 1.165) is 12.1 Å². The third kappa shape index (κ3) is 3.67. The van der Waals surface area contributed by atoms with Gasteiger partial charge in [0.2, 0.25) is 0 Å². The average Bonchev–Trinajstić information content (AvgIpc) is 2.73. The number of nitrogens with zero attached hydrogens (tertiary/aromatic N) is 4. The van der Waals surface area contributed by atoms with Crippen LogP contribution in [-0.4, -0.2) is 88.2 Å². The molecule has 0 spiro atoms. The van der Waals surface area contributed by atoms with Crippen LogP contribution < -0.4 is 0 Å². The lowest BCUT2D eigenvalue weighted by atomic mass is 9.99. The molecule has 4 heteroatoms. The monoisotopic (exact) mass is 336 g/mol. The van der Waals surface area contributed by atoms with Gasteiger partial charge in [0.25, 0.3) is 0 Å². The lowest BCUT2D eigenvalue weighted by Crippen LogP contribution is -2.64. The molecule has 0 amide bonds. The fourth-order valence-electron chi connectivity index (χ4n) is 5.40. The van der Waals surface area contributed by atoms with Gasteiger partial charge in [-0.25, -0.2) is 0 Å². The van der Waals surface area contributed by atoms with E-state index in [9.17, 15) is 0 Å². The second-order valence-corrected chi connectivity index (χ2v) is 9.89. The number of hydrogen-bond acceptors (Lipinski definition) is 4. The Morgan fingerprint density at radius 3 is 1.79 bits per heavy atom. The number of rotatable bonds is 3. The zero-order valence-electron chi connectivity index (χ0n) is 17.1. The topological polar surface area (TPSA) is 13.0 Å². The highest BCUT2D eigenvalue weighted by Crippen LogP contribution is 2.32. The molecule has 4 nitrogen and oxygen atoms in total. The maximum absolute atomic E-state index is 2.79. The summed E-state index contributed by atoms with van der Waals surface area (Å²) < 4.78 is 0. The van der Waals surface area contributed by atoms with E-state index in [1.807, 2.05) is 0 Å². The molecule has 0 aliphatic carbocycles. The van der Waals surface area contributed by atoms with Gasteiger partial charge in [-0.05, 0) is 61.3 Å². The van der Waals surface area contributed by atoms with Crippen molar-refractivity contribution in [1.82, 2.24) is 19.6 Å². The second kappa shape index (κ2) is 6.86. The molecule has 0 aromatic rings. The van der Waals surface area contributed by atoms with E-state index in [1.165, 1.54) is 45.7 Å². The first-order chi connectivity index (χ1) is 11.2. The van der Waals surface area contributed by atoms with E-state index >= 15 is 0 Å². The van der Waals surface area contributed by atoms with Crippen molar-refractivity contribution in [2.75, 3.05) is 32.8 Å². The minimum absolute atomic E-state index is 0.288. The maximum Gasteiger partial charge on any atom is 0.0513 e. The van der Waals surface area contributed by atoms with E-state index in [1.54, 1.807) is 0 Å². The number of piperazine rings is 2. The van der Waals surface area contributed by atoms with Crippen molar-refractivity contribution < 1.29 is 0 Å². The summed E-state index contributed by atoms with van der Waals surface area (Å²) in [6.45, 7) is 22.8. The molecule has 3 fully saturated rings. The SMILES string of the molecule is CC1CN(C(C)(C)C)CC(C)N1CN1CC2CCC(C1)N2C(C)C. The summed E-state index contributed by atoms with van der Waals surface area (Å²) in [5.74, 6) is 0. The Kier molecular flexibility index (Phi) is 5.33. The molecule has 0 saturated carbocycles. The predicted molar refractivity (Wildman–Crippen MR) is 102 cm³/mol. The van der Waals surface area contributed by atoms with E-state index in [-0.39, 0.29) is 5.54 Å². The number of hydrogen-bond donors (Lipinski definition) is 0. The summed E-state index contributed by atoms with van der Waals surface area (Å²) in [5.41, 5.74) is 0.288. The molecule has 3 heterocycles. The van der Waals surface area contributed by atoms with Gasteiger partial charge in [-0.3, -0.25) is 19.6 Å². The molecule has 4 atom stereocenters. The predicted octanol–water partition coefficient (Wildman–Crippen LogP) is 2.69. The Morgan fingerprint density at radius 2 is 1.38 bits per heavy atom. The molecule has 3 aliphatic rings. The summed E-state index contributed by atoms with van der Waals surface area (Å²) in [4.78, 5) is 11.0. The molecule has 24 heavy (non-hydrogen) atoms. The lowest BCUT2D eigenvalue weighted by Gasteiger charge is -2.52. The number of fused-ring (bicyclic) bond motifs is 2. The van der Waals surface area contributed by atoms with Crippen LogP contribution in [0, 0.1) is 0 Å². The van der Waals surface area contributed by atoms with Gasteiger partial charge in [0.05, 0.1) is 6.67 Å². The molecule has 0 radical (unpaired) electrons. The Labute approximate surface area is 150 Å². The van der Waals surface area contributed by atoms with Gasteiger partial charge in [-0.1, -0.05) is 0 Å². The maximum atomic E-state index is 2.79. The highest BCUT2D eigenvalue weighted by atomic mass is 15.4. The molecule has 0 N–H and O–H groups in total. The van der Waals surface area contributed by atoms with Gasteiger partial charge in [0.1, 0.15) is 0 Å². The molecule has 3 aliphatic heterocycles. The first-order valence-electron chi connectivity index (χ1n) is 10.2. The van der Waals surface area contributed by atoms with Crippen LogP contribution in [0.25, 0.3) is 0 Å². The molecule has 3 saturated heterocycles. The molecular formula is C20H40N4. The fraction of sp³-hybridized carbons (Fsp3) is 1.00. The van der Waals surface area contributed by atoms with E-state index in [2.05, 4.69) is 68.1 Å². The van der Waals surface area contributed by atoms with Crippen molar-refractivity contribution in [1.29, 1.82) is 0 Å². The number of likely N-dealkylation sites (tertiary alicyclic amines) is 1. The Morgan fingerprint density at radius 1 is 0.875 bits per heavy atom. The normalized spacial score (nSPS) is 37.5. The van der Waals surface area contributed by atoms with Crippen LogP contribution >= 0.6 is 0 Å². The minimum atomic E-state index is 0.288. The van der Waals surface area contributed by atoms with Crippen LogP contribution in [0.1, 0.15) is 61.3 Å². The van der Waals surface area contributed by atoms with Crippen LogP contribution in [0.5, 0.6) is 0 Å². The molecule has 140 valence electrons. The van der Waals surface area contributed by atoms with Gasteiger partial charge in [-0.2, -0.15) is 0 Å². The Balaban J connectivity index is 1.59. The van der Waals surface area contributed by atoms with Gasteiger partial charge < -0.3 is 0 Å². The third-order valence-corrected chi connectivity index (χ3v) is 6.62.